The number of nitrogens with one attached hydrogen (secondary N) is 2. The van der Waals surface area contributed by atoms with E-state index in [1.54, 1.807) is 41.1 Å². The Morgan fingerprint density at radius 3 is 2.22 bits per heavy atom. The number of hydrogen-bond acceptors (Lipinski definition) is 5. The molecule has 8 nitrogen and oxygen atoms in total. The number of nitrogens with zero attached hydrogens (tertiary/aromatic N) is 2. The average molecular weight is 483 g/mol. The molecule has 8 heteroatoms. The molecule has 4 rings (SSSR count). The number of rotatable bonds is 8. The Morgan fingerprint density at radius 2 is 1.56 bits per heavy atom. The zero-order valence-corrected chi connectivity index (χ0v) is 20.0. The Hall–Kier alpha value is -4.72. The van der Waals surface area contributed by atoms with E-state index in [4.69, 9.17) is 4.74 Å². The average Bonchev–Trinajstić information content (AvgIpc) is 3.32. The van der Waals surface area contributed by atoms with Gasteiger partial charge in [-0.2, -0.15) is 5.10 Å². The quantitative estimate of drug-likeness (QED) is 0.368. The summed E-state index contributed by atoms with van der Waals surface area (Å²) in [5.74, 6) is -1.22. The first-order valence-corrected chi connectivity index (χ1v) is 11.5. The van der Waals surface area contributed by atoms with Gasteiger partial charge < -0.3 is 15.4 Å². The van der Waals surface area contributed by atoms with Gasteiger partial charge in [-0.05, 0) is 38.1 Å². The van der Waals surface area contributed by atoms with Crippen LogP contribution in [0.3, 0.4) is 0 Å². The monoisotopic (exact) mass is 482 g/mol. The van der Waals surface area contributed by atoms with Crippen LogP contribution in [-0.2, 0) is 14.3 Å². The molecule has 0 fully saturated rings. The van der Waals surface area contributed by atoms with Crippen molar-refractivity contribution in [2.24, 2.45) is 0 Å². The SMILES string of the molecule is Cc1ccc(-c2cc(NC(=O)COC(=O)[C@@H](C)NC(=O)c3ccccc3)n(-c3ccccc3)n2)cc1. The van der Waals surface area contributed by atoms with E-state index in [-0.39, 0.29) is 0 Å². The van der Waals surface area contributed by atoms with Crippen LogP contribution in [0.15, 0.2) is 91.0 Å². The Bertz CT molecular complexity index is 1350. The number of ether oxygens (including phenoxy) is 1. The largest absolute Gasteiger partial charge is 0.454 e. The molecule has 2 N–H and O–H groups in total. The Morgan fingerprint density at radius 1 is 0.917 bits per heavy atom. The minimum absolute atomic E-state index is 0.403. The summed E-state index contributed by atoms with van der Waals surface area (Å²) in [7, 11) is 0. The Kier molecular flexibility index (Phi) is 7.55. The van der Waals surface area contributed by atoms with Gasteiger partial charge in [0.1, 0.15) is 11.9 Å². The standard InChI is InChI=1S/C28H26N4O4/c1-19-13-15-21(16-14-19)24-17-25(32(31-24)23-11-7-4-8-12-23)30-26(33)18-36-28(35)20(2)29-27(34)22-9-5-3-6-10-22/h3-17,20H,18H2,1-2H3,(H,29,34)(H,30,33)/t20-/m1/s1. The Labute approximate surface area is 208 Å². The topological polar surface area (TPSA) is 102 Å². The fourth-order valence-corrected chi connectivity index (χ4v) is 3.47. The summed E-state index contributed by atoms with van der Waals surface area (Å²) in [5.41, 5.74) is 3.91. The minimum atomic E-state index is -0.923. The number of amides is 2. The highest BCUT2D eigenvalue weighted by atomic mass is 16.5. The van der Waals surface area contributed by atoms with Gasteiger partial charge >= 0.3 is 5.97 Å². The van der Waals surface area contributed by atoms with Crippen LogP contribution in [-0.4, -0.2) is 40.2 Å². The number of para-hydroxylation sites is 1. The number of hydrogen-bond donors (Lipinski definition) is 2. The van der Waals surface area contributed by atoms with Crippen molar-refractivity contribution in [2.45, 2.75) is 19.9 Å². The second kappa shape index (κ2) is 11.1. The van der Waals surface area contributed by atoms with Crippen molar-refractivity contribution < 1.29 is 19.1 Å². The van der Waals surface area contributed by atoms with E-state index in [9.17, 15) is 14.4 Å². The van der Waals surface area contributed by atoms with Crippen molar-refractivity contribution in [3.05, 3.63) is 102 Å². The van der Waals surface area contributed by atoms with Crippen LogP contribution in [0.5, 0.6) is 0 Å². The van der Waals surface area contributed by atoms with Gasteiger partial charge in [0, 0.05) is 17.2 Å². The third-order valence-electron chi connectivity index (χ3n) is 5.41. The molecule has 0 aliphatic rings. The zero-order valence-electron chi connectivity index (χ0n) is 20.0. The molecular formula is C28H26N4O4. The molecule has 0 radical (unpaired) electrons. The Balaban J connectivity index is 1.42. The molecule has 0 saturated heterocycles. The van der Waals surface area contributed by atoms with Gasteiger partial charge in [-0.25, -0.2) is 9.48 Å². The molecule has 1 atom stereocenters. The third-order valence-corrected chi connectivity index (χ3v) is 5.41. The highest BCUT2D eigenvalue weighted by molar-refractivity contribution is 5.97. The van der Waals surface area contributed by atoms with Gasteiger partial charge in [0.15, 0.2) is 6.61 Å². The second-order valence-electron chi connectivity index (χ2n) is 8.25. The van der Waals surface area contributed by atoms with Crippen molar-refractivity contribution in [1.82, 2.24) is 15.1 Å². The zero-order chi connectivity index (χ0) is 25.5. The number of esters is 1. The van der Waals surface area contributed by atoms with E-state index in [0.29, 0.717) is 17.1 Å². The highest BCUT2D eigenvalue weighted by Gasteiger charge is 2.20. The first kappa shape index (κ1) is 24.4. The van der Waals surface area contributed by atoms with Crippen molar-refractivity contribution >= 4 is 23.6 Å². The predicted octanol–water partition coefficient (Wildman–Crippen LogP) is 4.15. The second-order valence-corrected chi connectivity index (χ2v) is 8.25. The fraction of sp³-hybridized carbons (Fsp3) is 0.143. The van der Waals surface area contributed by atoms with E-state index in [0.717, 1.165) is 16.8 Å². The number of carbonyl (C=O) groups is 3. The van der Waals surface area contributed by atoms with Gasteiger partial charge in [0.2, 0.25) is 0 Å². The molecule has 4 aromatic rings. The van der Waals surface area contributed by atoms with Gasteiger partial charge in [0.25, 0.3) is 11.8 Å². The molecule has 2 amide bonds. The normalized spacial score (nSPS) is 11.4. The smallest absolute Gasteiger partial charge is 0.328 e. The molecule has 0 unspecified atom stereocenters. The van der Waals surface area contributed by atoms with E-state index in [1.807, 2.05) is 61.5 Å². The third kappa shape index (κ3) is 6.04. The first-order valence-electron chi connectivity index (χ1n) is 11.5. The molecule has 0 aliphatic heterocycles. The van der Waals surface area contributed by atoms with E-state index in [2.05, 4.69) is 15.7 Å². The molecule has 0 spiro atoms. The lowest BCUT2D eigenvalue weighted by Gasteiger charge is -2.13. The van der Waals surface area contributed by atoms with Gasteiger partial charge in [-0.3, -0.25) is 9.59 Å². The van der Waals surface area contributed by atoms with Crippen molar-refractivity contribution in [3.8, 4) is 16.9 Å². The maximum Gasteiger partial charge on any atom is 0.328 e. The highest BCUT2D eigenvalue weighted by Crippen LogP contribution is 2.25. The lowest BCUT2D eigenvalue weighted by molar-refractivity contribution is -0.148. The van der Waals surface area contributed by atoms with Gasteiger partial charge in [-0.15, -0.1) is 0 Å². The molecule has 0 bridgehead atoms. The number of benzene rings is 3. The molecule has 3 aromatic carbocycles. The summed E-state index contributed by atoms with van der Waals surface area (Å²) < 4.78 is 6.75. The number of carbonyl (C=O) groups excluding carboxylic acids is 3. The molecule has 0 saturated carbocycles. The molecule has 0 aliphatic carbocycles. The summed E-state index contributed by atoms with van der Waals surface area (Å²) >= 11 is 0. The summed E-state index contributed by atoms with van der Waals surface area (Å²) in [4.78, 5) is 37.2. The van der Waals surface area contributed by atoms with Crippen molar-refractivity contribution in [1.29, 1.82) is 0 Å². The molecule has 1 heterocycles. The number of aryl methyl sites for hydroxylation is 1. The molecule has 182 valence electrons. The van der Waals surface area contributed by atoms with Gasteiger partial charge in [0.05, 0.1) is 11.4 Å². The van der Waals surface area contributed by atoms with Crippen LogP contribution in [0.4, 0.5) is 5.82 Å². The number of aromatic nitrogens is 2. The van der Waals surface area contributed by atoms with Crippen LogP contribution < -0.4 is 10.6 Å². The molecule has 36 heavy (non-hydrogen) atoms. The summed E-state index contributed by atoms with van der Waals surface area (Å²) in [6.45, 7) is 3.00. The number of anilines is 1. The maximum absolute atomic E-state index is 12.6. The summed E-state index contributed by atoms with van der Waals surface area (Å²) in [5, 5.41) is 10.00. The van der Waals surface area contributed by atoms with Crippen LogP contribution in [0.25, 0.3) is 16.9 Å². The van der Waals surface area contributed by atoms with Crippen LogP contribution in [0.1, 0.15) is 22.8 Å². The van der Waals surface area contributed by atoms with Crippen LogP contribution >= 0.6 is 0 Å². The molecular weight excluding hydrogens is 456 g/mol. The lowest BCUT2D eigenvalue weighted by Crippen LogP contribution is -2.40. The van der Waals surface area contributed by atoms with E-state index in [1.165, 1.54) is 6.92 Å². The summed E-state index contributed by atoms with van der Waals surface area (Å²) in [6, 6.07) is 26.7. The van der Waals surface area contributed by atoms with Crippen LogP contribution in [0, 0.1) is 6.92 Å². The van der Waals surface area contributed by atoms with Crippen molar-refractivity contribution in [2.75, 3.05) is 11.9 Å². The van der Waals surface area contributed by atoms with Gasteiger partial charge in [-0.1, -0.05) is 66.2 Å². The minimum Gasteiger partial charge on any atom is -0.454 e. The lowest BCUT2D eigenvalue weighted by atomic mass is 10.1. The first-order chi connectivity index (χ1) is 17.4. The van der Waals surface area contributed by atoms with E-state index >= 15 is 0 Å². The fourth-order valence-electron chi connectivity index (χ4n) is 3.47. The predicted molar refractivity (Wildman–Crippen MR) is 137 cm³/mol. The summed E-state index contributed by atoms with van der Waals surface area (Å²) in [6.07, 6.45) is 0. The van der Waals surface area contributed by atoms with Crippen LogP contribution in [0.2, 0.25) is 0 Å². The van der Waals surface area contributed by atoms with Crippen molar-refractivity contribution in [3.63, 3.8) is 0 Å². The van der Waals surface area contributed by atoms with E-state index < -0.39 is 30.4 Å². The molecule has 1 aromatic heterocycles. The maximum atomic E-state index is 12.6.